The number of benzene rings is 1. The molecule has 1 unspecified atom stereocenters. The van der Waals surface area contributed by atoms with Gasteiger partial charge in [-0.3, -0.25) is 0 Å². The summed E-state index contributed by atoms with van der Waals surface area (Å²) in [4.78, 5) is 0. The van der Waals surface area contributed by atoms with Crippen LogP contribution in [0.4, 0.5) is 4.39 Å². The van der Waals surface area contributed by atoms with Gasteiger partial charge in [-0.1, -0.05) is 6.07 Å². The van der Waals surface area contributed by atoms with Gasteiger partial charge in [-0.2, -0.15) is 0 Å². The molecule has 1 aromatic rings. The van der Waals surface area contributed by atoms with Gasteiger partial charge in [-0.15, -0.1) is 0 Å². The SMILES string of the molecule is CNCC(O)c1cc(C)c(F)c(Br)c1. The maximum absolute atomic E-state index is 13.2. The Bertz CT molecular complexity index is 307. The molecular weight excluding hydrogens is 249 g/mol. The van der Waals surface area contributed by atoms with Crippen molar-refractivity contribution in [1.82, 2.24) is 5.32 Å². The standard InChI is InChI=1S/C10H13BrFNO/c1-6-3-7(9(14)5-13-2)4-8(11)10(6)12/h3-4,9,13-14H,5H2,1-2H3. The van der Waals surface area contributed by atoms with Crippen molar-refractivity contribution < 1.29 is 9.50 Å². The molecule has 0 amide bonds. The summed E-state index contributed by atoms with van der Waals surface area (Å²) in [6, 6.07) is 3.26. The van der Waals surface area contributed by atoms with Crippen LogP contribution in [0.3, 0.4) is 0 Å². The monoisotopic (exact) mass is 261 g/mol. The number of aliphatic hydroxyl groups is 1. The minimum absolute atomic E-state index is 0.273. The zero-order valence-corrected chi connectivity index (χ0v) is 9.73. The minimum atomic E-state index is -0.601. The molecule has 0 heterocycles. The van der Waals surface area contributed by atoms with Crippen molar-refractivity contribution in [3.05, 3.63) is 33.5 Å². The van der Waals surface area contributed by atoms with E-state index < -0.39 is 6.10 Å². The van der Waals surface area contributed by atoms with E-state index >= 15 is 0 Å². The van der Waals surface area contributed by atoms with Crippen LogP contribution in [0.15, 0.2) is 16.6 Å². The maximum atomic E-state index is 13.2. The zero-order chi connectivity index (χ0) is 10.7. The lowest BCUT2D eigenvalue weighted by atomic mass is 10.1. The molecule has 14 heavy (non-hydrogen) atoms. The first kappa shape index (κ1) is 11.6. The average molecular weight is 262 g/mol. The lowest BCUT2D eigenvalue weighted by Gasteiger charge is -2.12. The Morgan fingerprint density at radius 2 is 2.21 bits per heavy atom. The molecule has 0 saturated carbocycles. The van der Waals surface area contributed by atoms with E-state index in [1.165, 1.54) is 0 Å². The van der Waals surface area contributed by atoms with E-state index in [0.717, 1.165) is 0 Å². The fourth-order valence-corrected chi connectivity index (χ4v) is 1.83. The summed E-state index contributed by atoms with van der Waals surface area (Å²) in [7, 11) is 1.76. The number of hydrogen-bond donors (Lipinski definition) is 2. The molecule has 0 aliphatic carbocycles. The summed E-state index contributed by atoms with van der Waals surface area (Å²) < 4.78 is 13.6. The van der Waals surface area contributed by atoms with Gasteiger partial charge in [0.15, 0.2) is 0 Å². The Hall–Kier alpha value is -0.450. The van der Waals surface area contributed by atoms with Crippen molar-refractivity contribution in [2.75, 3.05) is 13.6 Å². The first-order valence-electron chi connectivity index (χ1n) is 4.34. The van der Waals surface area contributed by atoms with Gasteiger partial charge < -0.3 is 10.4 Å². The molecule has 2 nitrogen and oxygen atoms in total. The number of aliphatic hydroxyl groups excluding tert-OH is 1. The Kier molecular flexibility index (Phi) is 4.04. The fraction of sp³-hybridized carbons (Fsp3) is 0.400. The van der Waals surface area contributed by atoms with Gasteiger partial charge in [0.25, 0.3) is 0 Å². The topological polar surface area (TPSA) is 32.3 Å². The quantitative estimate of drug-likeness (QED) is 0.874. The second kappa shape index (κ2) is 4.87. The largest absolute Gasteiger partial charge is 0.387 e. The first-order valence-corrected chi connectivity index (χ1v) is 5.13. The van der Waals surface area contributed by atoms with Crippen LogP contribution in [0.2, 0.25) is 0 Å². The van der Waals surface area contributed by atoms with E-state index in [9.17, 15) is 9.50 Å². The highest BCUT2D eigenvalue weighted by molar-refractivity contribution is 9.10. The molecule has 0 saturated heterocycles. The van der Waals surface area contributed by atoms with Gasteiger partial charge in [0.05, 0.1) is 10.6 Å². The third kappa shape index (κ3) is 2.53. The Morgan fingerprint density at radius 3 is 2.71 bits per heavy atom. The van der Waals surface area contributed by atoms with E-state index in [1.54, 1.807) is 26.1 Å². The number of nitrogens with one attached hydrogen (secondary N) is 1. The molecule has 0 spiro atoms. The minimum Gasteiger partial charge on any atom is -0.387 e. The van der Waals surface area contributed by atoms with Crippen molar-refractivity contribution in [3.63, 3.8) is 0 Å². The van der Waals surface area contributed by atoms with Crippen LogP contribution in [0.25, 0.3) is 0 Å². The molecule has 0 aliphatic rings. The van der Waals surface area contributed by atoms with Gasteiger partial charge in [0.2, 0.25) is 0 Å². The van der Waals surface area contributed by atoms with Crippen molar-refractivity contribution in [1.29, 1.82) is 0 Å². The number of rotatable bonds is 3. The zero-order valence-electron chi connectivity index (χ0n) is 8.14. The second-order valence-electron chi connectivity index (χ2n) is 3.21. The van der Waals surface area contributed by atoms with E-state index in [1.807, 2.05) is 0 Å². The Morgan fingerprint density at radius 1 is 1.57 bits per heavy atom. The summed E-state index contributed by atoms with van der Waals surface area (Å²) in [5.41, 5.74) is 1.25. The predicted octanol–water partition coefficient (Wildman–Crippen LogP) is 2.15. The summed E-state index contributed by atoms with van der Waals surface area (Å²) in [6.45, 7) is 2.13. The van der Waals surface area contributed by atoms with Crippen LogP contribution in [-0.2, 0) is 0 Å². The van der Waals surface area contributed by atoms with Crippen molar-refractivity contribution in [3.8, 4) is 0 Å². The first-order chi connectivity index (χ1) is 6.56. The van der Waals surface area contributed by atoms with E-state index in [4.69, 9.17) is 0 Å². The summed E-state index contributed by atoms with van der Waals surface area (Å²) in [5.74, 6) is -0.273. The van der Waals surface area contributed by atoms with Crippen LogP contribution in [-0.4, -0.2) is 18.7 Å². The van der Waals surface area contributed by atoms with Crippen LogP contribution < -0.4 is 5.32 Å². The van der Waals surface area contributed by atoms with Crippen molar-refractivity contribution in [2.24, 2.45) is 0 Å². The van der Waals surface area contributed by atoms with Gasteiger partial charge in [-0.05, 0) is 47.1 Å². The lowest BCUT2D eigenvalue weighted by molar-refractivity contribution is 0.177. The second-order valence-corrected chi connectivity index (χ2v) is 4.06. The molecule has 1 aromatic carbocycles. The Labute approximate surface area is 91.3 Å². The predicted molar refractivity (Wildman–Crippen MR) is 57.7 cm³/mol. The highest BCUT2D eigenvalue weighted by Gasteiger charge is 2.11. The normalized spacial score (nSPS) is 12.9. The molecule has 2 N–H and O–H groups in total. The van der Waals surface area contributed by atoms with E-state index in [2.05, 4.69) is 21.2 Å². The van der Waals surface area contributed by atoms with Gasteiger partial charge in [-0.25, -0.2) is 4.39 Å². The summed E-state index contributed by atoms with van der Waals surface area (Å²) in [5, 5.41) is 12.5. The van der Waals surface area contributed by atoms with Gasteiger partial charge >= 0.3 is 0 Å². The smallest absolute Gasteiger partial charge is 0.140 e. The van der Waals surface area contributed by atoms with E-state index in [0.29, 0.717) is 22.1 Å². The molecule has 1 atom stereocenters. The third-order valence-corrected chi connectivity index (χ3v) is 2.59. The molecule has 0 radical (unpaired) electrons. The molecule has 0 aromatic heterocycles. The van der Waals surface area contributed by atoms with Crippen molar-refractivity contribution in [2.45, 2.75) is 13.0 Å². The molecule has 4 heteroatoms. The van der Waals surface area contributed by atoms with Crippen LogP contribution >= 0.6 is 15.9 Å². The number of likely N-dealkylation sites (N-methyl/N-ethyl adjacent to an activating group) is 1. The van der Waals surface area contributed by atoms with Crippen LogP contribution in [0, 0.1) is 12.7 Å². The van der Waals surface area contributed by atoms with Crippen molar-refractivity contribution >= 4 is 15.9 Å². The molecule has 1 rings (SSSR count). The summed E-state index contributed by atoms with van der Waals surface area (Å²) >= 11 is 3.11. The van der Waals surface area contributed by atoms with Crippen LogP contribution in [0.5, 0.6) is 0 Å². The fourth-order valence-electron chi connectivity index (χ4n) is 1.26. The molecule has 78 valence electrons. The average Bonchev–Trinajstić information content (AvgIpc) is 2.13. The number of aryl methyl sites for hydroxylation is 1. The van der Waals surface area contributed by atoms with Gasteiger partial charge in [0.1, 0.15) is 5.82 Å². The number of hydrogen-bond acceptors (Lipinski definition) is 2. The molecule has 0 bridgehead atoms. The third-order valence-electron chi connectivity index (χ3n) is 2.01. The lowest BCUT2D eigenvalue weighted by Crippen LogP contribution is -2.16. The molecule has 0 aliphatic heterocycles. The molecule has 0 fully saturated rings. The highest BCUT2D eigenvalue weighted by Crippen LogP contribution is 2.24. The molecular formula is C10H13BrFNO. The number of halogens is 2. The van der Waals surface area contributed by atoms with E-state index in [-0.39, 0.29) is 5.82 Å². The Balaban J connectivity index is 3.00. The maximum Gasteiger partial charge on any atom is 0.140 e. The van der Waals surface area contributed by atoms with Crippen LogP contribution in [0.1, 0.15) is 17.2 Å². The summed E-state index contributed by atoms with van der Waals surface area (Å²) in [6.07, 6.45) is -0.601. The highest BCUT2D eigenvalue weighted by atomic mass is 79.9. The van der Waals surface area contributed by atoms with Gasteiger partial charge in [0, 0.05) is 6.54 Å².